The van der Waals surface area contributed by atoms with Crippen molar-refractivity contribution in [3.63, 3.8) is 0 Å². The second-order valence-corrected chi connectivity index (χ2v) is 5.16. The van der Waals surface area contributed by atoms with Crippen LogP contribution in [-0.2, 0) is 0 Å². The number of benzene rings is 2. The number of hydrogen-bond acceptors (Lipinski definition) is 4. The molecule has 0 aliphatic rings. The molecule has 0 saturated heterocycles. The highest BCUT2D eigenvalue weighted by molar-refractivity contribution is 5.84. The third-order valence-corrected chi connectivity index (χ3v) is 3.31. The number of aliphatic imine (C=N–C) groups is 1. The molecule has 22 heavy (non-hydrogen) atoms. The van der Waals surface area contributed by atoms with Crippen molar-refractivity contribution in [1.29, 1.82) is 0 Å². The molecule has 0 spiro atoms. The highest BCUT2D eigenvalue weighted by Crippen LogP contribution is 2.28. The lowest BCUT2D eigenvalue weighted by molar-refractivity contribution is -0.385. The first-order valence-corrected chi connectivity index (χ1v) is 6.98. The van der Waals surface area contributed by atoms with Gasteiger partial charge in [-0.25, -0.2) is 0 Å². The molecule has 0 fully saturated rings. The number of methoxy groups -OCH3 is 1. The lowest BCUT2D eigenvalue weighted by atomic mass is 9.99. The van der Waals surface area contributed by atoms with Crippen LogP contribution in [0, 0.1) is 10.1 Å². The molecular formula is C17H18N2O3. The van der Waals surface area contributed by atoms with Crippen LogP contribution in [0.3, 0.4) is 0 Å². The van der Waals surface area contributed by atoms with Crippen LogP contribution in [0.1, 0.15) is 30.9 Å². The van der Waals surface area contributed by atoms with E-state index in [-0.39, 0.29) is 16.5 Å². The Morgan fingerprint density at radius 2 is 1.95 bits per heavy atom. The summed E-state index contributed by atoms with van der Waals surface area (Å²) in [6, 6.07) is 12.5. The van der Waals surface area contributed by atoms with Crippen LogP contribution in [0.25, 0.3) is 0 Å². The molecule has 0 amide bonds. The largest absolute Gasteiger partial charge is 0.494 e. The minimum Gasteiger partial charge on any atom is -0.494 e. The summed E-state index contributed by atoms with van der Waals surface area (Å²) in [4.78, 5) is 15.2. The van der Waals surface area contributed by atoms with E-state index in [4.69, 9.17) is 4.74 Å². The van der Waals surface area contributed by atoms with E-state index < -0.39 is 0 Å². The molecule has 0 atom stereocenters. The zero-order chi connectivity index (χ0) is 16.1. The van der Waals surface area contributed by atoms with Gasteiger partial charge in [-0.15, -0.1) is 0 Å². The van der Waals surface area contributed by atoms with E-state index in [1.54, 1.807) is 25.5 Å². The number of ether oxygens (including phenoxy) is 1. The van der Waals surface area contributed by atoms with Gasteiger partial charge >= 0.3 is 0 Å². The molecule has 0 aliphatic heterocycles. The molecule has 0 bridgehead atoms. The van der Waals surface area contributed by atoms with E-state index in [1.807, 2.05) is 44.2 Å². The molecule has 114 valence electrons. The molecule has 0 radical (unpaired) electrons. The zero-order valence-corrected chi connectivity index (χ0v) is 12.8. The summed E-state index contributed by atoms with van der Waals surface area (Å²) in [5.41, 5.74) is 2.21. The van der Waals surface area contributed by atoms with Crippen molar-refractivity contribution < 1.29 is 9.66 Å². The number of hydrogen-bond donors (Lipinski definition) is 0. The van der Waals surface area contributed by atoms with Gasteiger partial charge < -0.3 is 4.74 Å². The number of para-hydroxylation sites is 2. The molecule has 5 heteroatoms. The topological polar surface area (TPSA) is 64.7 Å². The smallest absolute Gasteiger partial charge is 0.273 e. The van der Waals surface area contributed by atoms with Crippen molar-refractivity contribution in [3.05, 3.63) is 63.7 Å². The second-order valence-electron chi connectivity index (χ2n) is 5.16. The average molecular weight is 298 g/mol. The Hall–Kier alpha value is -2.69. The highest BCUT2D eigenvalue weighted by atomic mass is 16.6. The van der Waals surface area contributed by atoms with E-state index in [9.17, 15) is 10.1 Å². The summed E-state index contributed by atoms with van der Waals surface area (Å²) < 4.78 is 5.22. The fraction of sp³-hybridized carbons (Fsp3) is 0.235. The zero-order valence-electron chi connectivity index (χ0n) is 12.8. The van der Waals surface area contributed by atoms with Crippen LogP contribution in [0.4, 0.5) is 11.4 Å². The Balaban J connectivity index is 2.36. The number of nitro benzene ring substituents is 1. The normalized spacial score (nSPS) is 11.1. The van der Waals surface area contributed by atoms with Crippen LogP contribution in [0.15, 0.2) is 47.5 Å². The van der Waals surface area contributed by atoms with Gasteiger partial charge in [-0.3, -0.25) is 15.1 Å². The molecule has 0 aliphatic carbocycles. The van der Waals surface area contributed by atoms with Gasteiger partial charge in [0.05, 0.1) is 12.0 Å². The van der Waals surface area contributed by atoms with Crippen LogP contribution < -0.4 is 4.74 Å². The number of rotatable bonds is 5. The third-order valence-electron chi connectivity index (χ3n) is 3.31. The van der Waals surface area contributed by atoms with E-state index in [0.29, 0.717) is 17.0 Å². The molecule has 0 heterocycles. The first-order chi connectivity index (χ1) is 10.5. The summed E-state index contributed by atoms with van der Waals surface area (Å²) in [7, 11) is 1.58. The SMILES string of the molecule is COc1ccccc1N=Cc1ccc(C(C)C)c([N+](=O)[O-])c1. The Morgan fingerprint density at radius 3 is 2.59 bits per heavy atom. The molecule has 2 aromatic carbocycles. The van der Waals surface area contributed by atoms with Crippen molar-refractivity contribution in [1.82, 2.24) is 0 Å². The number of nitrogens with zero attached hydrogens (tertiary/aromatic N) is 2. The van der Waals surface area contributed by atoms with Crippen LogP contribution in [0.5, 0.6) is 5.75 Å². The quantitative estimate of drug-likeness (QED) is 0.464. The van der Waals surface area contributed by atoms with E-state index in [0.717, 1.165) is 5.56 Å². The first-order valence-electron chi connectivity index (χ1n) is 6.98. The summed E-state index contributed by atoms with van der Waals surface area (Å²) in [6.07, 6.45) is 1.61. The number of nitro groups is 1. The van der Waals surface area contributed by atoms with Crippen molar-refractivity contribution in [2.24, 2.45) is 4.99 Å². The molecule has 2 aromatic rings. The minimum absolute atomic E-state index is 0.0978. The summed E-state index contributed by atoms with van der Waals surface area (Å²) in [5.74, 6) is 0.757. The molecule has 0 aromatic heterocycles. The van der Waals surface area contributed by atoms with Gasteiger partial charge in [0.2, 0.25) is 0 Å². The Labute approximate surface area is 129 Å². The minimum atomic E-state index is -0.351. The summed E-state index contributed by atoms with van der Waals surface area (Å²) in [5, 5.41) is 11.2. The molecular weight excluding hydrogens is 280 g/mol. The maximum atomic E-state index is 11.2. The van der Waals surface area contributed by atoms with Gasteiger partial charge in [0.25, 0.3) is 5.69 Å². The molecule has 0 saturated carbocycles. The maximum Gasteiger partial charge on any atom is 0.273 e. The fourth-order valence-electron chi connectivity index (χ4n) is 2.17. The van der Waals surface area contributed by atoms with Crippen LogP contribution >= 0.6 is 0 Å². The lowest BCUT2D eigenvalue weighted by Crippen LogP contribution is -1.98. The highest BCUT2D eigenvalue weighted by Gasteiger charge is 2.16. The van der Waals surface area contributed by atoms with Crippen molar-refractivity contribution >= 4 is 17.6 Å². The van der Waals surface area contributed by atoms with Crippen molar-refractivity contribution in [3.8, 4) is 5.75 Å². The van der Waals surface area contributed by atoms with Crippen LogP contribution in [-0.4, -0.2) is 18.2 Å². The second kappa shape index (κ2) is 6.85. The van der Waals surface area contributed by atoms with E-state index >= 15 is 0 Å². The Kier molecular flexibility index (Phi) is 4.88. The monoisotopic (exact) mass is 298 g/mol. The summed E-state index contributed by atoms with van der Waals surface area (Å²) >= 11 is 0. The third kappa shape index (κ3) is 3.49. The lowest BCUT2D eigenvalue weighted by Gasteiger charge is -2.07. The average Bonchev–Trinajstić information content (AvgIpc) is 2.52. The van der Waals surface area contributed by atoms with Gasteiger partial charge in [0.15, 0.2) is 0 Å². The Bertz CT molecular complexity index is 709. The van der Waals surface area contributed by atoms with E-state index in [2.05, 4.69) is 4.99 Å². The summed E-state index contributed by atoms with van der Waals surface area (Å²) in [6.45, 7) is 3.87. The predicted molar refractivity (Wildman–Crippen MR) is 87.4 cm³/mol. The van der Waals surface area contributed by atoms with Gasteiger partial charge in [0, 0.05) is 17.8 Å². The molecule has 2 rings (SSSR count). The molecule has 5 nitrogen and oxygen atoms in total. The van der Waals surface area contributed by atoms with Gasteiger partial charge in [-0.05, 0) is 23.6 Å². The first kappa shape index (κ1) is 15.7. The van der Waals surface area contributed by atoms with Crippen LogP contribution in [0.2, 0.25) is 0 Å². The Morgan fingerprint density at radius 1 is 1.23 bits per heavy atom. The molecule has 0 N–H and O–H groups in total. The fourth-order valence-corrected chi connectivity index (χ4v) is 2.17. The molecule has 0 unspecified atom stereocenters. The standard InChI is InChI=1S/C17H18N2O3/c1-12(2)14-9-8-13(10-16(14)19(20)21)11-18-15-6-4-5-7-17(15)22-3/h4-12H,1-3H3. The van der Waals surface area contributed by atoms with E-state index in [1.165, 1.54) is 0 Å². The van der Waals surface area contributed by atoms with Gasteiger partial charge in [-0.1, -0.05) is 38.1 Å². The van der Waals surface area contributed by atoms with Crippen molar-refractivity contribution in [2.45, 2.75) is 19.8 Å². The van der Waals surface area contributed by atoms with Gasteiger partial charge in [-0.2, -0.15) is 0 Å². The van der Waals surface area contributed by atoms with Crippen molar-refractivity contribution in [2.75, 3.05) is 7.11 Å². The maximum absolute atomic E-state index is 11.2. The van der Waals surface area contributed by atoms with Gasteiger partial charge in [0.1, 0.15) is 11.4 Å². The predicted octanol–water partition coefficient (Wildman–Crippen LogP) is 4.48.